The summed E-state index contributed by atoms with van der Waals surface area (Å²) in [4.78, 5) is 32.0. The van der Waals surface area contributed by atoms with E-state index in [9.17, 15) is 9.59 Å². The van der Waals surface area contributed by atoms with E-state index < -0.39 is 0 Å². The molecule has 35 heavy (non-hydrogen) atoms. The summed E-state index contributed by atoms with van der Waals surface area (Å²) in [5.74, 6) is 1.73. The molecule has 1 fully saturated rings. The zero-order valence-corrected chi connectivity index (χ0v) is 20.6. The first-order valence-electron chi connectivity index (χ1n) is 12.8. The molecule has 2 amide bonds. The second kappa shape index (κ2) is 12.4. The van der Waals surface area contributed by atoms with Crippen molar-refractivity contribution in [3.63, 3.8) is 0 Å². The summed E-state index contributed by atoms with van der Waals surface area (Å²) in [6, 6.07) is 17.7. The minimum absolute atomic E-state index is 0.0255. The fraction of sp³-hybridized carbons (Fsp3) is 0.464. The highest BCUT2D eigenvalue weighted by Crippen LogP contribution is 2.21. The molecule has 1 aromatic heterocycles. The summed E-state index contributed by atoms with van der Waals surface area (Å²) in [6.45, 7) is 3.99. The Bertz CT molecular complexity index is 1110. The fourth-order valence-corrected chi connectivity index (χ4v) is 4.72. The van der Waals surface area contributed by atoms with Gasteiger partial charge in [-0.25, -0.2) is 4.98 Å². The minimum Gasteiger partial charge on any atom is -0.484 e. The van der Waals surface area contributed by atoms with Gasteiger partial charge in [0.25, 0.3) is 5.91 Å². The maximum absolute atomic E-state index is 13.1. The lowest BCUT2D eigenvalue weighted by Crippen LogP contribution is -2.43. The zero-order chi connectivity index (χ0) is 24.5. The highest BCUT2D eigenvalue weighted by atomic mass is 16.5. The van der Waals surface area contributed by atoms with Gasteiger partial charge in [-0.1, -0.05) is 36.8 Å². The van der Waals surface area contributed by atoms with E-state index in [1.54, 1.807) is 0 Å². The largest absolute Gasteiger partial charge is 0.484 e. The lowest BCUT2D eigenvalue weighted by atomic mass is 10.0. The van der Waals surface area contributed by atoms with E-state index in [0.717, 1.165) is 61.9 Å². The maximum Gasteiger partial charge on any atom is 0.257 e. The normalized spacial score (nSPS) is 15.8. The van der Waals surface area contributed by atoms with Gasteiger partial charge in [0.2, 0.25) is 5.91 Å². The van der Waals surface area contributed by atoms with Crippen LogP contribution in [-0.4, -0.2) is 52.0 Å². The number of benzene rings is 2. The smallest absolute Gasteiger partial charge is 0.257 e. The molecule has 186 valence electrons. The van der Waals surface area contributed by atoms with E-state index >= 15 is 0 Å². The lowest BCUT2D eigenvalue weighted by Gasteiger charge is -2.33. The molecule has 0 saturated carbocycles. The van der Waals surface area contributed by atoms with Gasteiger partial charge in [-0.2, -0.15) is 0 Å². The molecular weight excluding hydrogens is 440 g/mol. The number of nitrogens with zero attached hydrogens (tertiary/aromatic N) is 3. The van der Waals surface area contributed by atoms with Gasteiger partial charge in [-0.15, -0.1) is 0 Å². The third kappa shape index (κ3) is 6.84. The number of carbonyl (C=O) groups is 2. The van der Waals surface area contributed by atoms with Crippen molar-refractivity contribution < 1.29 is 14.3 Å². The Hall–Kier alpha value is -3.35. The number of fused-ring (bicyclic) bond motifs is 1. The van der Waals surface area contributed by atoms with Crippen LogP contribution >= 0.6 is 0 Å². The SMILES string of the molecule is CC1CCCCN1C(=O)Cn1c(CCCCCNC(=O)COc2ccccc2)nc2ccccc21. The van der Waals surface area contributed by atoms with Crippen molar-refractivity contribution in [1.29, 1.82) is 0 Å². The van der Waals surface area contributed by atoms with Crippen LogP contribution in [0.3, 0.4) is 0 Å². The Morgan fingerprint density at radius 2 is 1.83 bits per heavy atom. The molecule has 7 heteroatoms. The van der Waals surface area contributed by atoms with Crippen LogP contribution in [0.25, 0.3) is 11.0 Å². The van der Waals surface area contributed by atoms with Crippen molar-refractivity contribution in [2.45, 2.75) is 64.5 Å². The van der Waals surface area contributed by atoms with Crippen LogP contribution in [0.4, 0.5) is 0 Å². The molecule has 2 aromatic carbocycles. The number of aromatic nitrogens is 2. The van der Waals surface area contributed by atoms with Gasteiger partial charge < -0.3 is 19.5 Å². The molecule has 4 rings (SSSR count). The third-order valence-corrected chi connectivity index (χ3v) is 6.66. The van der Waals surface area contributed by atoms with Crippen molar-refractivity contribution in [2.75, 3.05) is 19.7 Å². The van der Waals surface area contributed by atoms with Gasteiger partial charge >= 0.3 is 0 Å². The topological polar surface area (TPSA) is 76.5 Å². The first-order valence-corrected chi connectivity index (χ1v) is 12.8. The Kier molecular flexibility index (Phi) is 8.76. The van der Waals surface area contributed by atoms with E-state index in [4.69, 9.17) is 9.72 Å². The average molecular weight is 477 g/mol. The van der Waals surface area contributed by atoms with E-state index in [1.165, 1.54) is 6.42 Å². The Labute approximate surface area is 207 Å². The number of ether oxygens (including phenoxy) is 1. The Balaban J connectivity index is 1.24. The van der Waals surface area contributed by atoms with Gasteiger partial charge in [-0.05, 0) is 63.3 Å². The highest BCUT2D eigenvalue weighted by molar-refractivity contribution is 5.81. The second-order valence-electron chi connectivity index (χ2n) is 9.30. The molecule has 7 nitrogen and oxygen atoms in total. The van der Waals surface area contributed by atoms with Crippen LogP contribution in [0.2, 0.25) is 0 Å². The van der Waals surface area contributed by atoms with Crippen LogP contribution in [0.5, 0.6) is 5.75 Å². The number of aryl methyl sites for hydroxylation is 1. The first-order chi connectivity index (χ1) is 17.1. The molecule has 1 atom stereocenters. The summed E-state index contributed by atoms with van der Waals surface area (Å²) >= 11 is 0. The summed E-state index contributed by atoms with van der Waals surface area (Å²) in [7, 11) is 0. The van der Waals surface area contributed by atoms with E-state index in [-0.39, 0.29) is 18.4 Å². The van der Waals surface area contributed by atoms with Crippen LogP contribution in [0.1, 0.15) is 51.3 Å². The predicted octanol–water partition coefficient (Wildman–Crippen LogP) is 4.35. The summed E-state index contributed by atoms with van der Waals surface area (Å²) in [6.07, 6.45) is 6.99. The molecule has 1 saturated heterocycles. The van der Waals surface area contributed by atoms with Crippen molar-refractivity contribution in [3.8, 4) is 5.75 Å². The Morgan fingerprint density at radius 3 is 2.66 bits per heavy atom. The number of unbranched alkanes of at least 4 members (excludes halogenated alkanes) is 2. The van der Waals surface area contributed by atoms with Crippen molar-refractivity contribution >= 4 is 22.8 Å². The highest BCUT2D eigenvalue weighted by Gasteiger charge is 2.24. The van der Waals surface area contributed by atoms with Gasteiger partial charge in [-0.3, -0.25) is 9.59 Å². The number of para-hydroxylation sites is 3. The van der Waals surface area contributed by atoms with E-state index in [2.05, 4.69) is 16.8 Å². The van der Waals surface area contributed by atoms with Crippen LogP contribution in [-0.2, 0) is 22.6 Å². The molecule has 1 aliphatic heterocycles. The molecule has 0 aliphatic carbocycles. The molecule has 0 spiro atoms. The molecule has 1 N–H and O–H groups in total. The standard InChI is InChI=1S/C28H36N4O3/c1-22-12-9-11-19-31(22)28(34)20-32-25-16-8-7-15-24(25)30-26(32)17-6-3-10-18-29-27(33)21-35-23-13-4-2-5-14-23/h2,4-5,7-8,13-16,22H,3,6,9-12,17-21H2,1H3,(H,29,33). The summed E-state index contributed by atoms with van der Waals surface area (Å²) in [5.41, 5.74) is 1.96. The average Bonchev–Trinajstić information content (AvgIpc) is 3.22. The monoisotopic (exact) mass is 476 g/mol. The van der Waals surface area contributed by atoms with Gasteiger partial charge in [0.05, 0.1) is 11.0 Å². The number of hydrogen-bond acceptors (Lipinski definition) is 4. The number of carbonyl (C=O) groups excluding carboxylic acids is 2. The quantitative estimate of drug-likeness (QED) is 0.418. The number of likely N-dealkylation sites (tertiary alicyclic amines) is 1. The van der Waals surface area contributed by atoms with Crippen LogP contribution < -0.4 is 10.1 Å². The summed E-state index contributed by atoms with van der Waals surface area (Å²) in [5, 5.41) is 2.92. The Morgan fingerprint density at radius 1 is 1.03 bits per heavy atom. The molecule has 0 radical (unpaired) electrons. The molecular formula is C28H36N4O3. The maximum atomic E-state index is 13.1. The molecule has 0 bridgehead atoms. The molecule has 3 aromatic rings. The van der Waals surface area contributed by atoms with Gasteiger partial charge in [0.1, 0.15) is 18.1 Å². The lowest BCUT2D eigenvalue weighted by molar-refractivity contribution is -0.135. The second-order valence-corrected chi connectivity index (χ2v) is 9.30. The van der Waals surface area contributed by atoms with E-state index in [1.807, 2.05) is 59.5 Å². The zero-order valence-electron chi connectivity index (χ0n) is 20.6. The van der Waals surface area contributed by atoms with Crippen molar-refractivity contribution in [2.24, 2.45) is 0 Å². The molecule has 1 unspecified atom stereocenters. The van der Waals surface area contributed by atoms with Crippen molar-refractivity contribution in [3.05, 3.63) is 60.4 Å². The third-order valence-electron chi connectivity index (χ3n) is 6.66. The number of amides is 2. The van der Waals surface area contributed by atoms with Crippen LogP contribution in [0, 0.1) is 0 Å². The number of hydrogen-bond donors (Lipinski definition) is 1. The molecule has 1 aliphatic rings. The fourth-order valence-electron chi connectivity index (χ4n) is 4.72. The van der Waals surface area contributed by atoms with Gasteiger partial charge in [0.15, 0.2) is 6.61 Å². The van der Waals surface area contributed by atoms with E-state index in [0.29, 0.717) is 24.9 Å². The predicted molar refractivity (Wildman–Crippen MR) is 137 cm³/mol. The molecule has 2 heterocycles. The van der Waals surface area contributed by atoms with Crippen LogP contribution in [0.15, 0.2) is 54.6 Å². The first kappa shape index (κ1) is 24.8. The number of nitrogens with one attached hydrogen (secondary N) is 1. The van der Waals surface area contributed by atoms with Gasteiger partial charge in [0, 0.05) is 25.6 Å². The number of rotatable bonds is 11. The minimum atomic E-state index is -0.110. The number of imidazole rings is 1. The summed E-state index contributed by atoms with van der Waals surface area (Å²) < 4.78 is 7.57. The van der Waals surface area contributed by atoms with Crippen molar-refractivity contribution in [1.82, 2.24) is 19.8 Å². The number of piperidine rings is 1.